The Hall–Kier alpha value is -4.26. The van der Waals surface area contributed by atoms with Gasteiger partial charge in [-0.2, -0.15) is 4.31 Å². The number of aliphatic hydroxyl groups excluding tert-OH is 1. The second-order valence-corrected chi connectivity index (χ2v) is 8.63. The number of hydrogen-bond acceptors (Lipinski definition) is 8. The maximum absolute atomic E-state index is 12.6. The number of methoxy groups -OCH3 is 1. The first-order chi connectivity index (χ1) is 18.4. The lowest BCUT2D eigenvalue weighted by Gasteiger charge is -2.25. The minimum absolute atomic E-state index is 0.101. The first-order valence-corrected chi connectivity index (χ1v) is 12.4. The van der Waals surface area contributed by atoms with Crippen molar-refractivity contribution in [3.05, 3.63) is 90.0 Å². The quantitative estimate of drug-likeness (QED) is 0.288. The zero-order valence-corrected chi connectivity index (χ0v) is 21.0. The maximum Gasteiger partial charge on any atom is 0.335 e. The molecule has 38 heavy (non-hydrogen) atoms. The molecule has 0 saturated heterocycles. The summed E-state index contributed by atoms with van der Waals surface area (Å²) in [6.07, 6.45) is 0.706. The molecule has 0 spiro atoms. The predicted molar refractivity (Wildman–Crippen MR) is 136 cm³/mol. The van der Waals surface area contributed by atoms with Crippen LogP contribution in [0.25, 0.3) is 0 Å². The van der Waals surface area contributed by atoms with Gasteiger partial charge in [-0.3, -0.25) is 4.55 Å². The average Bonchev–Trinajstić information content (AvgIpc) is 3.36. The summed E-state index contributed by atoms with van der Waals surface area (Å²) in [5.41, 5.74) is 0.479. The van der Waals surface area contributed by atoms with E-state index in [2.05, 4.69) is 0 Å². The van der Waals surface area contributed by atoms with Crippen LogP contribution in [0.1, 0.15) is 15.9 Å². The van der Waals surface area contributed by atoms with Gasteiger partial charge in [-0.15, -0.1) is 0 Å². The Kier molecular flexibility index (Phi) is 8.69. The Morgan fingerprint density at radius 1 is 1.05 bits per heavy atom. The van der Waals surface area contributed by atoms with Crippen LogP contribution in [0.15, 0.2) is 78.9 Å². The van der Waals surface area contributed by atoms with Crippen molar-refractivity contribution in [2.24, 2.45) is 0 Å². The monoisotopic (exact) mass is 543 g/mol. The summed E-state index contributed by atoms with van der Waals surface area (Å²) in [4.78, 5) is 11.9. The molecule has 1 aliphatic heterocycles. The summed E-state index contributed by atoms with van der Waals surface area (Å²) in [6, 6.07) is 18.3. The van der Waals surface area contributed by atoms with Gasteiger partial charge in [0.15, 0.2) is 23.0 Å². The van der Waals surface area contributed by atoms with E-state index in [1.807, 2.05) is 30.3 Å². The second kappa shape index (κ2) is 12.3. The smallest absolute Gasteiger partial charge is 0.335 e. The van der Waals surface area contributed by atoms with Gasteiger partial charge in [-0.05, 0) is 29.8 Å². The summed E-state index contributed by atoms with van der Waals surface area (Å²) in [5.74, 6) is -1.15. The number of carbonyl (C=O) groups is 1. The van der Waals surface area contributed by atoms with Crippen molar-refractivity contribution in [1.82, 2.24) is 0 Å². The average molecular weight is 544 g/mol. The van der Waals surface area contributed by atoms with Gasteiger partial charge < -0.3 is 33.9 Å². The Balaban J connectivity index is 1.77. The molecule has 1 aliphatic rings. The van der Waals surface area contributed by atoms with Crippen molar-refractivity contribution >= 4 is 22.9 Å². The highest BCUT2D eigenvalue weighted by Gasteiger charge is 2.33. The summed E-state index contributed by atoms with van der Waals surface area (Å²) < 4.78 is 52.1. The van der Waals surface area contributed by atoms with Gasteiger partial charge in [0, 0.05) is 6.42 Å². The molecule has 4 rings (SSSR count). The summed E-state index contributed by atoms with van der Waals surface area (Å²) in [5, 5.41) is 19.0. The van der Waals surface area contributed by atoms with Gasteiger partial charge in [-0.1, -0.05) is 42.5 Å². The van der Waals surface area contributed by atoms with Gasteiger partial charge in [0.1, 0.15) is 18.6 Å². The molecule has 11 nitrogen and oxygen atoms in total. The lowest BCUT2D eigenvalue weighted by atomic mass is 10.1. The number of para-hydroxylation sites is 2. The molecule has 12 heteroatoms. The normalized spacial score (nSPS) is 15.0. The van der Waals surface area contributed by atoms with Crippen LogP contribution in [0, 0.1) is 0 Å². The van der Waals surface area contributed by atoms with E-state index in [0.29, 0.717) is 12.2 Å². The van der Waals surface area contributed by atoms with Crippen LogP contribution in [-0.2, 0) is 27.2 Å². The predicted octanol–water partition coefficient (Wildman–Crippen LogP) is 3.91. The summed E-state index contributed by atoms with van der Waals surface area (Å²) in [6.45, 7) is -0.575. The van der Waals surface area contributed by atoms with Crippen molar-refractivity contribution in [3.63, 3.8) is 0 Å². The van der Waals surface area contributed by atoms with Crippen LogP contribution in [0.3, 0.4) is 0 Å². The first kappa shape index (κ1) is 26.8. The molecule has 3 aromatic carbocycles. The highest BCUT2D eigenvalue weighted by Crippen LogP contribution is 2.46. The van der Waals surface area contributed by atoms with Crippen molar-refractivity contribution in [3.8, 4) is 23.0 Å². The van der Waals surface area contributed by atoms with Gasteiger partial charge in [0.2, 0.25) is 12.2 Å². The van der Waals surface area contributed by atoms with Crippen LogP contribution in [0.5, 0.6) is 23.0 Å². The molecule has 0 bridgehead atoms. The van der Waals surface area contributed by atoms with Crippen molar-refractivity contribution in [2.75, 3.05) is 24.6 Å². The van der Waals surface area contributed by atoms with Crippen LogP contribution < -0.4 is 18.5 Å². The lowest BCUT2D eigenvalue weighted by Crippen LogP contribution is -2.27. The number of carboxylic acid groups (broad SMARTS) is 1. The third kappa shape index (κ3) is 6.17. The number of nitrogens with zero attached hydrogens (tertiary/aromatic N) is 1. The van der Waals surface area contributed by atoms with E-state index in [4.69, 9.17) is 23.7 Å². The summed E-state index contributed by atoms with van der Waals surface area (Å²) in [7, 11) is 1.44. The first-order valence-electron chi connectivity index (χ1n) is 11.3. The van der Waals surface area contributed by atoms with E-state index in [1.54, 1.807) is 24.3 Å². The molecule has 2 unspecified atom stereocenters. The van der Waals surface area contributed by atoms with Crippen LogP contribution >= 0.6 is 0 Å². The van der Waals surface area contributed by atoms with E-state index < -0.39 is 23.5 Å². The van der Waals surface area contributed by atoms with E-state index in [1.165, 1.54) is 13.2 Å². The number of anilines is 1. The molecule has 3 aromatic rings. The van der Waals surface area contributed by atoms with Gasteiger partial charge in [-0.25, -0.2) is 9.00 Å². The van der Waals surface area contributed by atoms with Crippen molar-refractivity contribution in [2.45, 2.75) is 12.7 Å². The fourth-order valence-electron chi connectivity index (χ4n) is 3.64. The number of hydrogen-bond donors (Lipinski definition) is 3. The minimum Gasteiger partial charge on any atom is -0.493 e. The molecule has 0 fully saturated rings. The molecule has 0 aromatic heterocycles. The zero-order chi connectivity index (χ0) is 27.1. The SMILES string of the molecule is COc1ccccc1Oc1c(OCCO)cc(C(=O)O)cc1N(C1=COC(Cc2ccccc2)O1)S(=O)O. The Morgan fingerprint density at radius 3 is 2.42 bits per heavy atom. The number of carboxylic acids is 1. The molecule has 0 saturated carbocycles. The van der Waals surface area contributed by atoms with E-state index >= 15 is 0 Å². The number of ether oxygens (including phenoxy) is 5. The van der Waals surface area contributed by atoms with Crippen LogP contribution in [-0.4, -0.2) is 51.6 Å². The molecule has 0 aliphatic carbocycles. The van der Waals surface area contributed by atoms with E-state index in [9.17, 15) is 23.8 Å². The molecule has 0 radical (unpaired) electrons. The van der Waals surface area contributed by atoms with Crippen molar-refractivity contribution < 1.29 is 47.5 Å². The third-order valence-electron chi connectivity index (χ3n) is 5.31. The number of aliphatic hydroxyl groups is 1. The van der Waals surface area contributed by atoms with Crippen LogP contribution in [0.4, 0.5) is 5.69 Å². The molecular weight excluding hydrogens is 518 g/mol. The number of benzene rings is 3. The van der Waals surface area contributed by atoms with E-state index in [-0.39, 0.29) is 47.6 Å². The molecule has 200 valence electrons. The van der Waals surface area contributed by atoms with Crippen LogP contribution in [0.2, 0.25) is 0 Å². The Morgan fingerprint density at radius 2 is 1.76 bits per heavy atom. The highest BCUT2D eigenvalue weighted by molar-refractivity contribution is 7.81. The summed E-state index contributed by atoms with van der Waals surface area (Å²) >= 11 is -2.77. The van der Waals surface area contributed by atoms with Gasteiger partial charge >= 0.3 is 5.97 Å². The molecule has 3 N–H and O–H groups in total. The largest absolute Gasteiger partial charge is 0.493 e. The Labute approximate surface area is 220 Å². The fraction of sp³-hybridized carbons (Fsp3) is 0.192. The van der Waals surface area contributed by atoms with Gasteiger partial charge in [0.25, 0.3) is 11.3 Å². The standard InChI is InChI=1S/C26H25NO10S/c1-33-20-9-5-6-10-21(20)36-25-19(14-18(26(29)30)15-22(25)34-12-11-28)27(38(31)32)23-16-35-24(37-23)13-17-7-3-2-4-8-17/h2-10,14-16,24,28H,11-13H2,1H3,(H,29,30)(H,31,32). The fourth-order valence-corrected chi connectivity index (χ4v) is 4.18. The van der Waals surface area contributed by atoms with E-state index in [0.717, 1.165) is 22.2 Å². The Bertz CT molecular complexity index is 1330. The third-order valence-corrected chi connectivity index (χ3v) is 5.99. The van der Waals surface area contributed by atoms with Crippen molar-refractivity contribution in [1.29, 1.82) is 0 Å². The molecular formula is C26H25NO10S. The minimum atomic E-state index is -2.77. The highest BCUT2D eigenvalue weighted by atomic mass is 32.2. The molecule has 2 atom stereocenters. The number of rotatable bonds is 12. The number of aromatic carboxylic acids is 1. The maximum atomic E-state index is 12.6. The molecule has 0 amide bonds. The van der Waals surface area contributed by atoms with Gasteiger partial charge in [0.05, 0.1) is 19.3 Å². The lowest BCUT2D eigenvalue weighted by molar-refractivity contribution is -0.0298. The zero-order valence-electron chi connectivity index (χ0n) is 20.2. The topological polar surface area (TPSA) is 144 Å². The molecule has 1 heterocycles. The second-order valence-electron chi connectivity index (χ2n) is 7.81.